The molecule has 1 heteroatoms. The van der Waals surface area contributed by atoms with Crippen LogP contribution in [0.4, 0.5) is 0 Å². The van der Waals surface area contributed by atoms with Gasteiger partial charge in [0, 0.05) is 10.8 Å². The molecular weight excluding hydrogens is 448 g/mol. The van der Waals surface area contributed by atoms with Crippen LogP contribution in [0.25, 0.3) is 66.4 Å². The SMILES string of the molecule is c1ccc(-c2ccccc2-c2ccc3oc4ccc(-c5ccccc5-c5ccccc5)cc4c3c2)cc1. The Kier molecular flexibility index (Phi) is 5.19. The monoisotopic (exact) mass is 472 g/mol. The van der Waals surface area contributed by atoms with Gasteiger partial charge < -0.3 is 4.42 Å². The Morgan fingerprint density at radius 3 is 1.05 bits per heavy atom. The standard InChI is InChI=1S/C36H24O/c1-3-11-25(12-4-1)29-15-7-9-17-31(29)27-19-21-35-33(23-27)34-24-28(20-22-36(34)37-35)32-18-10-8-16-30(32)26-13-5-2-6-14-26/h1-24H. The van der Waals surface area contributed by atoms with Gasteiger partial charge in [-0.15, -0.1) is 0 Å². The summed E-state index contributed by atoms with van der Waals surface area (Å²) in [5.74, 6) is 0. The Morgan fingerprint density at radius 2 is 0.649 bits per heavy atom. The molecule has 1 aromatic heterocycles. The van der Waals surface area contributed by atoms with Crippen molar-refractivity contribution < 1.29 is 4.42 Å². The van der Waals surface area contributed by atoms with Crippen molar-refractivity contribution in [2.45, 2.75) is 0 Å². The number of hydrogen-bond donors (Lipinski definition) is 0. The van der Waals surface area contributed by atoms with Gasteiger partial charge in [-0.2, -0.15) is 0 Å². The fourth-order valence-corrected chi connectivity index (χ4v) is 5.32. The Balaban J connectivity index is 1.39. The minimum absolute atomic E-state index is 0.907. The summed E-state index contributed by atoms with van der Waals surface area (Å²) in [6.07, 6.45) is 0. The molecule has 0 N–H and O–H groups in total. The first-order valence-corrected chi connectivity index (χ1v) is 12.6. The molecule has 0 saturated heterocycles. The topological polar surface area (TPSA) is 13.1 Å². The molecule has 0 aliphatic rings. The van der Waals surface area contributed by atoms with Crippen molar-refractivity contribution in [3.8, 4) is 44.5 Å². The number of rotatable bonds is 4. The van der Waals surface area contributed by atoms with E-state index in [4.69, 9.17) is 4.42 Å². The second-order valence-electron chi connectivity index (χ2n) is 9.35. The Labute approximate surface area is 216 Å². The van der Waals surface area contributed by atoms with Crippen LogP contribution >= 0.6 is 0 Å². The van der Waals surface area contributed by atoms with Crippen molar-refractivity contribution in [1.82, 2.24) is 0 Å². The summed E-state index contributed by atoms with van der Waals surface area (Å²) in [4.78, 5) is 0. The summed E-state index contributed by atoms with van der Waals surface area (Å²) in [5.41, 5.74) is 11.5. The molecule has 7 rings (SSSR count). The fourth-order valence-electron chi connectivity index (χ4n) is 5.32. The van der Waals surface area contributed by atoms with Gasteiger partial charge in [0.1, 0.15) is 11.2 Å². The van der Waals surface area contributed by atoms with Crippen molar-refractivity contribution in [2.75, 3.05) is 0 Å². The Bertz CT molecular complexity index is 1720. The normalized spacial score (nSPS) is 11.2. The molecule has 0 saturated carbocycles. The van der Waals surface area contributed by atoms with Gasteiger partial charge in [0.25, 0.3) is 0 Å². The predicted octanol–water partition coefficient (Wildman–Crippen LogP) is 10.3. The van der Waals surface area contributed by atoms with E-state index in [0.717, 1.165) is 21.9 Å². The maximum absolute atomic E-state index is 6.26. The molecule has 0 unspecified atom stereocenters. The van der Waals surface area contributed by atoms with Gasteiger partial charge in [0.05, 0.1) is 0 Å². The van der Waals surface area contributed by atoms with Crippen molar-refractivity contribution in [3.05, 3.63) is 146 Å². The van der Waals surface area contributed by atoms with E-state index in [9.17, 15) is 0 Å². The van der Waals surface area contributed by atoms with E-state index < -0.39 is 0 Å². The molecule has 1 nitrogen and oxygen atoms in total. The van der Waals surface area contributed by atoms with Gasteiger partial charge in [-0.05, 0) is 68.8 Å². The van der Waals surface area contributed by atoms with Crippen LogP contribution in [-0.4, -0.2) is 0 Å². The lowest BCUT2D eigenvalue weighted by atomic mass is 9.92. The molecule has 6 aromatic carbocycles. The van der Waals surface area contributed by atoms with Crippen LogP contribution in [0.15, 0.2) is 150 Å². The maximum Gasteiger partial charge on any atom is 0.135 e. The van der Waals surface area contributed by atoms with E-state index in [1.165, 1.54) is 44.5 Å². The highest BCUT2D eigenvalue weighted by molar-refractivity contribution is 6.08. The molecule has 1 heterocycles. The minimum Gasteiger partial charge on any atom is -0.456 e. The lowest BCUT2D eigenvalue weighted by Gasteiger charge is -2.11. The zero-order valence-corrected chi connectivity index (χ0v) is 20.3. The van der Waals surface area contributed by atoms with Gasteiger partial charge in [-0.1, -0.05) is 121 Å². The highest BCUT2D eigenvalue weighted by Crippen LogP contribution is 2.39. The summed E-state index contributed by atoms with van der Waals surface area (Å²) in [6.45, 7) is 0. The van der Waals surface area contributed by atoms with Crippen LogP contribution < -0.4 is 0 Å². The fraction of sp³-hybridized carbons (Fsp3) is 0. The Hall–Kier alpha value is -4.88. The van der Waals surface area contributed by atoms with Gasteiger partial charge in [0.15, 0.2) is 0 Å². The summed E-state index contributed by atoms with van der Waals surface area (Å²) in [6, 6.07) is 51.5. The molecule has 0 radical (unpaired) electrons. The molecule has 7 aromatic rings. The largest absolute Gasteiger partial charge is 0.456 e. The molecule has 0 bridgehead atoms. The molecule has 0 spiro atoms. The summed E-state index contributed by atoms with van der Waals surface area (Å²) in [7, 11) is 0. The molecule has 0 aliphatic carbocycles. The summed E-state index contributed by atoms with van der Waals surface area (Å²) in [5, 5.41) is 2.27. The van der Waals surface area contributed by atoms with Gasteiger partial charge in [-0.3, -0.25) is 0 Å². The first-order chi connectivity index (χ1) is 18.3. The summed E-state index contributed by atoms with van der Waals surface area (Å²) < 4.78 is 6.26. The van der Waals surface area contributed by atoms with E-state index in [0.29, 0.717) is 0 Å². The molecule has 0 fully saturated rings. The first-order valence-electron chi connectivity index (χ1n) is 12.6. The average Bonchev–Trinajstić information content (AvgIpc) is 3.35. The van der Waals surface area contributed by atoms with Crippen LogP contribution in [0.5, 0.6) is 0 Å². The highest BCUT2D eigenvalue weighted by atomic mass is 16.3. The zero-order valence-electron chi connectivity index (χ0n) is 20.3. The van der Waals surface area contributed by atoms with E-state index in [2.05, 4.69) is 146 Å². The third-order valence-corrected chi connectivity index (χ3v) is 7.11. The quantitative estimate of drug-likeness (QED) is 0.248. The second-order valence-corrected chi connectivity index (χ2v) is 9.35. The smallest absolute Gasteiger partial charge is 0.135 e. The van der Waals surface area contributed by atoms with Gasteiger partial charge in [0.2, 0.25) is 0 Å². The average molecular weight is 473 g/mol. The van der Waals surface area contributed by atoms with Gasteiger partial charge >= 0.3 is 0 Å². The van der Waals surface area contributed by atoms with Crippen LogP contribution in [-0.2, 0) is 0 Å². The number of fused-ring (bicyclic) bond motifs is 3. The van der Waals surface area contributed by atoms with Crippen molar-refractivity contribution in [1.29, 1.82) is 0 Å². The maximum atomic E-state index is 6.26. The zero-order chi connectivity index (χ0) is 24.6. The van der Waals surface area contributed by atoms with Crippen LogP contribution in [0.1, 0.15) is 0 Å². The highest BCUT2D eigenvalue weighted by Gasteiger charge is 2.14. The lowest BCUT2D eigenvalue weighted by molar-refractivity contribution is 0.669. The van der Waals surface area contributed by atoms with Crippen molar-refractivity contribution in [2.24, 2.45) is 0 Å². The molecule has 0 amide bonds. The third-order valence-electron chi connectivity index (χ3n) is 7.11. The molecular formula is C36H24O. The van der Waals surface area contributed by atoms with E-state index in [-0.39, 0.29) is 0 Å². The van der Waals surface area contributed by atoms with Crippen molar-refractivity contribution in [3.63, 3.8) is 0 Å². The first kappa shape index (κ1) is 21.4. The van der Waals surface area contributed by atoms with E-state index in [1.807, 2.05) is 0 Å². The summed E-state index contributed by atoms with van der Waals surface area (Å²) >= 11 is 0. The van der Waals surface area contributed by atoms with Gasteiger partial charge in [-0.25, -0.2) is 0 Å². The molecule has 0 atom stereocenters. The predicted molar refractivity (Wildman–Crippen MR) is 155 cm³/mol. The molecule has 0 aliphatic heterocycles. The van der Waals surface area contributed by atoms with Crippen LogP contribution in [0.3, 0.4) is 0 Å². The van der Waals surface area contributed by atoms with Crippen LogP contribution in [0, 0.1) is 0 Å². The third kappa shape index (κ3) is 3.82. The number of hydrogen-bond acceptors (Lipinski definition) is 1. The van der Waals surface area contributed by atoms with E-state index in [1.54, 1.807) is 0 Å². The van der Waals surface area contributed by atoms with Crippen molar-refractivity contribution >= 4 is 21.9 Å². The Morgan fingerprint density at radius 1 is 0.297 bits per heavy atom. The van der Waals surface area contributed by atoms with Crippen LogP contribution in [0.2, 0.25) is 0 Å². The number of furan rings is 1. The minimum atomic E-state index is 0.907. The molecule has 174 valence electrons. The molecule has 37 heavy (non-hydrogen) atoms. The number of benzene rings is 6. The second kappa shape index (κ2) is 8.96. The van der Waals surface area contributed by atoms with E-state index >= 15 is 0 Å². The lowest BCUT2D eigenvalue weighted by Crippen LogP contribution is -1.85.